The van der Waals surface area contributed by atoms with E-state index >= 15 is 0 Å². The molecule has 1 atom stereocenters. The highest BCUT2D eigenvalue weighted by Crippen LogP contribution is 2.34. The molecule has 178 valence electrons. The van der Waals surface area contributed by atoms with Crippen LogP contribution in [0.2, 0.25) is 0 Å². The molecule has 1 saturated carbocycles. The van der Waals surface area contributed by atoms with E-state index in [0.29, 0.717) is 12.6 Å². The number of pyridine rings is 1. The van der Waals surface area contributed by atoms with Gasteiger partial charge in [-0.3, -0.25) is 9.69 Å². The van der Waals surface area contributed by atoms with E-state index < -0.39 is 0 Å². The van der Waals surface area contributed by atoms with E-state index in [1.54, 1.807) is 11.3 Å². The third-order valence-electron chi connectivity index (χ3n) is 6.88. The van der Waals surface area contributed by atoms with Crippen molar-refractivity contribution in [2.75, 3.05) is 0 Å². The first-order chi connectivity index (χ1) is 16.6. The zero-order valence-electron chi connectivity index (χ0n) is 19.9. The van der Waals surface area contributed by atoms with Crippen LogP contribution in [0.3, 0.4) is 0 Å². The minimum absolute atomic E-state index is 0.0295. The molecule has 1 N–H and O–H groups in total. The molecular formula is C26H32N6OS. The number of hydrogen-bond donors (Lipinski definition) is 1. The molecule has 5 rings (SSSR count). The van der Waals surface area contributed by atoms with Crippen LogP contribution in [0.15, 0.2) is 46.6 Å². The predicted octanol–water partition coefficient (Wildman–Crippen LogP) is 5.54. The SMILES string of the molecule is CCC[C@H](c1nnnn1C1CCCC1)N(Cc1cccs1)Cc1cc2cc(C)ccc2[nH]c1=O. The van der Waals surface area contributed by atoms with Gasteiger partial charge in [0.15, 0.2) is 5.82 Å². The highest BCUT2D eigenvalue weighted by molar-refractivity contribution is 7.09. The van der Waals surface area contributed by atoms with Gasteiger partial charge >= 0.3 is 0 Å². The van der Waals surface area contributed by atoms with Gasteiger partial charge in [0, 0.05) is 29.0 Å². The fourth-order valence-electron chi connectivity index (χ4n) is 5.16. The monoisotopic (exact) mass is 476 g/mol. The Kier molecular flexibility index (Phi) is 6.87. The summed E-state index contributed by atoms with van der Waals surface area (Å²) in [7, 11) is 0. The zero-order valence-corrected chi connectivity index (χ0v) is 20.7. The number of benzene rings is 1. The number of thiophene rings is 1. The molecule has 8 heteroatoms. The lowest BCUT2D eigenvalue weighted by atomic mass is 10.1. The summed E-state index contributed by atoms with van der Waals surface area (Å²) in [6, 6.07) is 12.8. The van der Waals surface area contributed by atoms with Crippen LogP contribution in [0.1, 0.15) is 79.4 Å². The van der Waals surface area contributed by atoms with E-state index in [2.05, 4.69) is 67.5 Å². The number of rotatable bonds is 9. The quantitative estimate of drug-likeness (QED) is 0.343. The number of nitrogens with one attached hydrogen (secondary N) is 1. The highest BCUT2D eigenvalue weighted by Gasteiger charge is 2.30. The summed E-state index contributed by atoms with van der Waals surface area (Å²) < 4.78 is 2.07. The molecule has 1 aromatic carbocycles. The van der Waals surface area contributed by atoms with Gasteiger partial charge in [-0.25, -0.2) is 4.68 Å². The van der Waals surface area contributed by atoms with Crippen molar-refractivity contribution >= 4 is 22.2 Å². The first-order valence-electron chi connectivity index (χ1n) is 12.3. The third kappa shape index (κ3) is 4.83. The molecular weight excluding hydrogens is 444 g/mol. The van der Waals surface area contributed by atoms with E-state index in [9.17, 15) is 4.79 Å². The minimum atomic E-state index is -0.0295. The second-order valence-electron chi connectivity index (χ2n) is 9.42. The van der Waals surface area contributed by atoms with Crippen molar-refractivity contribution < 1.29 is 0 Å². The molecule has 0 unspecified atom stereocenters. The van der Waals surface area contributed by atoms with E-state index in [4.69, 9.17) is 0 Å². The molecule has 0 aliphatic heterocycles. The Hall–Kier alpha value is -2.84. The first-order valence-corrected chi connectivity index (χ1v) is 13.2. The number of aromatic nitrogens is 5. The highest BCUT2D eigenvalue weighted by atomic mass is 32.1. The normalized spacial score (nSPS) is 15.5. The molecule has 3 aromatic heterocycles. The molecule has 34 heavy (non-hydrogen) atoms. The van der Waals surface area contributed by atoms with Crippen molar-refractivity contribution in [1.29, 1.82) is 0 Å². The summed E-state index contributed by atoms with van der Waals surface area (Å²) in [6.07, 6.45) is 6.66. The molecule has 1 aliphatic rings. The van der Waals surface area contributed by atoms with Crippen LogP contribution < -0.4 is 5.56 Å². The summed E-state index contributed by atoms with van der Waals surface area (Å²) in [5.41, 5.74) is 2.80. The van der Waals surface area contributed by atoms with Gasteiger partial charge in [-0.1, -0.05) is 43.9 Å². The van der Waals surface area contributed by atoms with Crippen molar-refractivity contribution in [1.82, 2.24) is 30.1 Å². The third-order valence-corrected chi connectivity index (χ3v) is 7.74. The molecule has 0 radical (unpaired) electrons. The van der Waals surface area contributed by atoms with Crippen molar-refractivity contribution in [3.8, 4) is 0 Å². The molecule has 0 amide bonds. The van der Waals surface area contributed by atoms with E-state index in [0.717, 1.165) is 54.5 Å². The molecule has 0 saturated heterocycles. The van der Waals surface area contributed by atoms with E-state index in [-0.39, 0.29) is 11.6 Å². The molecule has 0 spiro atoms. The summed E-state index contributed by atoms with van der Waals surface area (Å²) in [6.45, 7) is 5.57. The Balaban J connectivity index is 1.54. The minimum Gasteiger partial charge on any atom is -0.322 e. The lowest BCUT2D eigenvalue weighted by Gasteiger charge is -2.31. The van der Waals surface area contributed by atoms with Gasteiger partial charge < -0.3 is 4.98 Å². The fraction of sp³-hybridized carbons (Fsp3) is 0.462. The molecule has 3 heterocycles. The van der Waals surface area contributed by atoms with Crippen LogP contribution in [-0.2, 0) is 13.1 Å². The number of aromatic amines is 1. The summed E-state index contributed by atoms with van der Waals surface area (Å²) in [5, 5.41) is 16.2. The lowest BCUT2D eigenvalue weighted by Crippen LogP contribution is -2.33. The topological polar surface area (TPSA) is 79.7 Å². The van der Waals surface area contributed by atoms with Crippen molar-refractivity contribution in [3.63, 3.8) is 0 Å². The Morgan fingerprint density at radius 2 is 2.06 bits per heavy atom. The van der Waals surface area contributed by atoms with Gasteiger partial charge in [0.25, 0.3) is 5.56 Å². The average molecular weight is 477 g/mol. The Morgan fingerprint density at radius 3 is 2.82 bits per heavy atom. The molecule has 7 nitrogen and oxygen atoms in total. The van der Waals surface area contributed by atoms with Crippen LogP contribution in [0.5, 0.6) is 0 Å². The van der Waals surface area contributed by atoms with Gasteiger partial charge in [-0.15, -0.1) is 16.4 Å². The molecule has 1 fully saturated rings. The molecule has 4 aromatic rings. The smallest absolute Gasteiger partial charge is 0.252 e. The van der Waals surface area contributed by atoms with Gasteiger partial charge in [-0.2, -0.15) is 0 Å². The van der Waals surface area contributed by atoms with Crippen LogP contribution in [0.25, 0.3) is 10.9 Å². The number of hydrogen-bond acceptors (Lipinski definition) is 6. The standard InChI is InChI=1S/C26H32N6OS/c1-3-7-24(25-28-29-30-32(25)21-8-4-5-9-21)31(17-22-10-6-13-34-22)16-20-15-19-14-18(2)11-12-23(19)27-26(20)33/h6,10-15,21,24H,3-5,7-9,16-17H2,1-2H3,(H,27,33)/t24-/m1/s1. The van der Waals surface area contributed by atoms with Gasteiger partial charge in [0.1, 0.15) is 0 Å². The Morgan fingerprint density at radius 1 is 1.21 bits per heavy atom. The summed E-state index contributed by atoms with van der Waals surface area (Å²) >= 11 is 1.75. The molecule has 1 aliphatic carbocycles. The van der Waals surface area contributed by atoms with E-state index in [1.807, 2.05) is 18.2 Å². The summed E-state index contributed by atoms with van der Waals surface area (Å²) in [5.74, 6) is 0.929. The number of H-pyrrole nitrogens is 1. The fourth-order valence-corrected chi connectivity index (χ4v) is 5.89. The largest absolute Gasteiger partial charge is 0.322 e. The Bertz CT molecular complexity index is 1290. The van der Waals surface area contributed by atoms with Crippen LogP contribution in [0.4, 0.5) is 0 Å². The second-order valence-corrected chi connectivity index (χ2v) is 10.5. The van der Waals surface area contributed by atoms with Crippen molar-refractivity contribution in [3.05, 3.63) is 74.0 Å². The number of aryl methyl sites for hydroxylation is 1. The van der Waals surface area contributed by atoms with Gasteiger partial charge in [-0.05, 0) is 71.6 Å². The van der Waals surface area contributed by atoms with Crippen molar-refractivity contribution in [2.24, 2.45) is 0 Å². The number of fused-ring (bicyclic) bond motifs is 1. The maximum absolute atomic E-state index is 13.1. The second kappa shape index (κ2) is 10.2. The Labute approximate surface area is 203 Å². The predicted molar refractivity (Wildman–Crippen MR) is 136 cm³/mol. The summed E-state index contributed by atoms with van der Waals surface area (Å²) in [4.78, 5) is 19.8. The first kappa shape index (κ1) is 22.9. The van der Waals surface area contributed by atoms with Crippen LogP contribution >= 0.6 is 11.3 Å². The van der Waals surface area contributed by atoms with Crippen molar-refractivity contribution in [2.45, 2.75) is 77.5 Å². The lowest BCUT2D eigenvalue weighted by molar-refractivity contribution is 0.154. The van der Waals surface area contributed by atoms with Gasteiger partial charge in [0.05, 0.1) is 12.1 Å². The number of nitrogens with zero attached hydrogens (tertiary/aromatic N) is 5. The maximum Gasteiger partial charge on any atom is 0.252 e. The number of tetrazole rings is 1. The van der Waals surface area contributed by atoms with Crippen LogP contribution in [-0.4, -0.2) is 30.1 Å². The van der Waals surface area contributed by atoms with Crippen LogP contribution in [0, 0.1) is 6.92 Å². The van der Waals surface area contributed by atoms with E-state index in [1.165, 1.54) is 23.3 Å². The maximum atomic E-state index is 13.1. The van der Waals surface area contributed by atoms with Gasteiger partial charge in [0.2, 0.25) is 0 Å². The average Bonchev–Trinajstić information content (AvgIpc) is 3.60. The molecule has 0 bridgehead atoms. The zero-order chi connectivity index (χ0) is 23.5.